The van der Waals surface area contributed by atoms with Gasteiger partial charge < -0.3 is 9.84 Å². The third-order valence-corrected chi connectivity index (χ3v) is 1.61. The van der Waals surface area contributed by atoms with E-state index in [9.17, 15) is 4.79 Å². The van der Waals surface area contributed by atoms with E-state index in [2.05, 4.69) is 4.74 Å². The maximum Gasteiger partial charge on any atom is 0.412 e. The Kier molecular flexibility index (Phi) is 1.80. The van der Waals surface area contributed by atoms with Crippen molar-refractivity contribution >= 4 is 6.09 Å². The summed E-state index contributed by atoms with van der Waals surface area (Å²) in [7, 11) is 0. The van der Waals surface area contributed by atoms with Crippen molar-refractivity contribution in [3.8, 4) is 0 Å². The third-order valence-electron chi connectivity index (χ3n) is 1.61. The van der Waals surface area contributed by atoms with Crippen LogP contribution < -0.4 is 0 Å². The normalized spacial score (nSPS) is 25.6. The van der Waals surface area contributed by atoms with Gasteiger partial charge in [-0.1, -0.05) is 0 Å². The van der Waals surface area contributed by atoms with E-state index in [1.165, 1.54) is 4.90 Å². The van der Waals surface area contributed by atoms with E-state index in [0.29, 0.717) is 0 Å². The van der Waals surface area contributed by atoms with Crippen LogP contribution in [0.15, 0.2) is 0 Å². The van der Waals surface area contributed by atoms with Crippen molar-refractivity contribution in [2.75, 3.05) is 6.54 Å². The highest BCUT2D eigenvalue weighted by atomic mass is 16.7. The van der Waals surface area contributed by atoms with Crippen LogP contribution in [0.5, 0.6) is 0 Å². The monoisotopic (exact) mass is 159 g/mol. The molecule has 1 unspecified atom stereocenters. The summed E-state index contributed by atoms with van der Waals surface area (Å²) in [6, 6.07) is 0. The number of cyclic esters (lactones) is 1. The smallest absolute Gasteiger partial charge is 0.412 e. The number of β-amino-alcohol motifs (C(OH)–C–C–N with tert-alkyl or cyclic N) is 1. The Bertz CT molecular complexity index is 173. The molecule has 0 radical (unpaired) electrons. The third kappa shape index (κ3) is 1.63. The minimum absolute atomic E-state index is 0.266. The molecular formula is C7H13NO3. The van der Waals surface area contributed by atoms with Crippen molar-refractivity contribution < 1.29 is 14.6 Å². The first-order chi connectivity index (χ1) is 4.91. The van der Waals surface area contributed by atoms with Gasteiger partial charge in [-0.05, 0) is 20.8 Å². The molecule has 1 fully saturated rings. The van der Waals surface area contributed by atoms with Gasteiger partial charge in [-0.2, -0.15) is 0 Å². The molecule has 0 aromatic carbocycles. The molecule has 1 N–H and O–H groups in total. The van der Waals surface area contributed by atoms with Crippen molar-refractivity contribution in [1.29, 1.82) is 0 Å². The van der Waals surface area contributed by atoms with E-state index in [1.807, 2.05) is 20.8 Å². The summed E-state index contributed by atoms with van der Waals surface area (Å²) in [5.41, 5.74) is -0.269. The van der Waals surface area contributed by atoms with Crippen LogP contribution in [0, 0.1) is 0 Å². The van der Waals surface area contributed by atoms with Crippen molar-refractivity contribution in [2.45, 2.75) is 32.6 Å². The van der Waals surface area contributed by atoms with Gasteiger partial charge in [0.05, 0.1) is 6.54 Å². The van der Waals surface area contributed by atoms with Crippen molar-refractivity contribution in [2.24, 2.45) is 0 Å². The van der Waals surface area contributed by atoms with Gasteiger partial charge in [0, 0.05) is 5.54 Å². The Hall–Kier alpha value is -0.770. The number of carbonyl (C=O) groups excluding carboxylic acids is 1. The standard InChI is InChI=1S/C7H13NO3/c1-7(2,3)8-4-5(9)11-6(8)10/h5,9H,4H2,1-3H3. The van der Waals surface area contributed by atoms with Crippen molar-refractivity contribution in [1.82, 2.24) is 4.90 Å². The Balaban J connectivity index is 2.68. The zero-order valence-corrected chi connectivity index (χ0v) is 7.00. The number of nitrogens with zero attached hydrogens (tertiary/aromatic N) is 1. The minimum Gasteiger partial charge on any atom is -0.418 e. The second kappa shape index (κ2) is 2.37. The van der Waals surface area contributed by atoms with Gasteiger partial charge in [0.1, 0.15) is 0 Å². The minimum atomic E-state index is -0.957. The highest BCUT2D eigenvalue weighted by Gasteiger charge is 2.36. The largest absolute Gasteiger partial charge is 0.418 e. The van der Waals surface area contributed by atoms with Gasteiger partial charge in [-0.15, -0.1) is 0 Å². The molecule has 4 heteroatoms. The molecule has 64 valence electrons. The van der Waals surface area contributed by atoms with Gasteiger partial charge in [0.25, 0.3) is 0 Å². The fraction of sp³-hybridized carbons (Fsp3) is 0.857. The highest BCUT2D eigenvalue weighted by molar-refractivity contribution is 5.70. The van der Waals surface area contributed by atoms with Crippen molar-refractivity contribution in [3.63, 3.8) is 0 Å². The predicted molar refractivity (Wildman–Crippen MR) is 38.9 cm³/mol. The quantitative estimate of drug-likeness (QED) is 0.561. The SMILES string of the molecule is CC(C)(C)N1CC(O)OC1=O. The molecule has 0 bridgehead atoms. The first-order valence-corrected chi connectivity index (χ1v) is 3.57. The fourth-order valence-electron chi connectivity index (χ4n) is 0.996. The molecule has 0 spiro atoms. The maximum absolute atomic E-state index is 11.0. The van der Waals surface area contributed by atoms with Crippen LogP contribution >= 0.6 is 0 Å². The van der Waals surface area contributed by atoms with Crippen LogP contribution in [0.1, 0.15) is 20.8 Å². The number of hydrogen-bond donors (Lipinski definition) is 1. The molecule has 1 saturated heterocycles. The first kappa shape index (κ1) is 8.33. The number of hydrogen-bond acceptors (Lipinski definition) is 3. The van der Waals surface area contributed by atoms with Gasteiger partial charge in [-0.25, -0.2) is 4.79 Å². The molecule has 1 rings (SSSR count). The van der Waals surface area contributed by atoms with Crippen molar-refractivity contribution in [3.05, 3.63) is 0 Å². The molecule has 1 aliphatic heterocycles. The summed E-state index contributed by atoms with van der Waals surface area (Å²) in [5.74, 6) is 0. The van der Waals surface area contributed by atoms with E-state index < -0.39 is 12.4 Å². The van der Waals surface area contributed by atoms with E-state index in [1.54, 1.807) is 0 Å². The van der Waals surface area contributed by atoms with Crippen LogP contribution in [0.4, 0.5) is 4.79 Å². The Morgan fingerprint density at radius 1 is 1.64 bits per heavy atom. The summed E-state index contributed by atoms with van der Waals surface area (Å²) in [5, 5.41) is 8.95. The summed E-state index contributed by atoms with van der Waals surface area (Å²) in [6.45, 7) is 5.95. The number of aliphatic hydroxyl groups excluding tert-OH is 1. The number of aliphatic hydroxyl groups is 1. The van der Waals surface area contributed by atoms with Gasteiger partial charge >= 0.3 is 6.09 Å². The molecule has 1 aliphatic rings. The molecule has 0 aliphatic carbocycles. The predicted octanol–water partition coefficient (Wildman–Crippen LogP) is 0.556. The molecule has 0 saturated carbocycles. The van der Waals surface area contributed by atoms with Gasteiger partial charge in [0.2, 0.25) is 6.29 Å². The summed E-state index contributed by atoms with van der Waals surface area (Å²) in [6.07, 6.45) is -1.40. The second-order valence-electron chi connectivity index (χ2n) is 3.62. The molecule has 4 nitrogen and oxygen atoms in total. The number of carbonyl (C=O) groups is 1. The second-order valence-corrected chi connectivity index (χ2v) is 3.62. The summed E-state index contributed by atoms with van der Waals surface area (Å²) >= 11 is 0. The average molecular weight is 159 g/mol. The zero-order valence-electron chi connectivity index (χ0n) is 7.00. The van der Waals surface area contributed by atoms with Crippen LogP contribution in [0.25, 0.3) is 0 Å². The van der Waals surface area contributed by atoms with Crippen LogP contribution in [-0.4, -0.2) is 34.5 Å². The first-order valence-electron chi connectivity index (χ1n) is 3.57. The molecule has 0 aromatic heterocycles. The Morgan fingerprint density at radius 3 is 2.36 bits per heavy atom. The zero-order chi connectivity index (χ0) is 8.65. The van der Waals surface area contributed by atoms with Gasteiger partial charge in [-0.3, -0.25) is 4.90 Å². The lowest BCUT2D eigenvalue weighted by molar-refractivity contribution is -0.0156. The van der Waals surface area contributed by atoms with Crippen LogP contribution in [-0.2, 0) is 4.74 Å². The maximum atomic E-state index is 11.0. The molecule has 1 atom stereocenters. The van der Waals surface area contributed by atoms with Crippen LogP contribution in [0.3, 0.4) is 0 Å². The molecule has 1 amide bonds. The topological polar surface area (TPSA) is 49.8 Å². The molecular weight excluding hydrogens is 146 g/mol. The van der Waals surface area contributed by atoms with E-state index >= 15 is 0 Å². The summed E-state index contributed by atoms with van der Waals surface area (Å²) in [4.78, 5) is 12.5. The highest BCUT2D eigenvalue weighted by Crippen LogP contribution is 2.20. The number of rotatable bonds is 0. The molecule has 11 heavy (non-hydrogen) atoms. The van der Waals surface area contributed by atoms with E-state index in [4.69, 9.17) is 5.11 Å². The lowest BCUT2D eigenvalue weighted by Crippen LogP contribution is -2.42. The van der Waals surface area contributed by atoms with E-state index in [0.717, 1.165) is 0 Å². The molecule has 0 aromatic rings. The lowest BCUT2D eigenvalue weighted by Gasteiger charge is -2.28. The fourth-order valence-corrected chi connectivity index (χ4v) is 0.996. The summed E-state index contributed by atoms with van der Waals surface area (Å²) < 4.78 is 4.54. The lowest BCUT2D eigenvalue weighted by atomic mass is 10.1. The number of ether oxygens (including phenoxy) is 1. The van der Waals surface area contributed by atoms with Crippen LogP contribution in [0.2, 0.25) is 0 Å². The number of amides is 1. The van der Waals surface area contributed by atoms with Gasteiger partial charge in [0.15, 0.2) is 0 Å². The molecule has 1 heterocycles. The Labute approximate surface area is 65.8 Å². The van der Waals surface area contributed by atoms with E-state index in [-0.39, 0.29) is 12.1 Å². The average Bonchev–Trinajstić information content (AvgIpc) is 2.08. The Morgan fingerprint density at radius 2 is 2.18 bits per heavy atom.